The minimum Gasteiger partial charge on any atom is -0.399 e. The Morgan fingerprint density at radius 3 is 2.95 bits per heavy atom. The predicted octanol–water partition coefficient (Wildman–Crippen LogP) is 4.16. The van der Waals surface area contributed by atoms with Crippen molar-refractivity contribution in [2.45, 2.75) is 19.6 Å². The van der Waals surface area contributed by atoms with Gasteiger partial charge in [0, 0.05) is 5.69 Å². The Hall–Kier alpha value is -1.75. The second-order valence-corrected chi connectivity index (χ2v) is 5.50. The van der Waals surface area contributed by atoms with Crippen molar-refractivity contribution in [2.24, 2.45) is 0 Å². The second kappa shape index (κ2) is 5.93. The van der Waals surface area contributed by atoms with Crippen LogP contribution in [0.2, 0.25) is 0 Å². The maximum Gasteiger partial charge on any atom is 0.117 e. The molecule has 100 valence electrons. The average molecular weight is 277 g/mol. The molecule has 5 heteroatoms. The molecule has 0 saturated carbocycles. The lowest BCUT2D eigenvalue weighted by Crippen LogP contribution is -1.83. The highest BCUT2D eigenvalue weighted by Crippen LogP contribution is 2.22. The number of thioether (sulfide) groups is 1. The highest BCUT2D eigenvalue weighted by molar-refractivity contribution is 8.02. The molecule has 1 aromatic carbocycles. The molecule has 0 aliphatic rings. The quantitative estimate of drug-likeness (QED) is 0.652. The van der Waals surface area contributed by atoms with Gasteiger partial charge in [-0.05, 0) is 43.0 Å². The molecule has 19 heavy (non-hydrogen) atoms. The summed E-state index contributed by atoms with van der Waals surface area (Å²) in [5.41, 5.74) is 8.29. The zero-order valence-corrected chi connectivity index (χ0v) is 11.7. The first kappa shape index (κ1) is 13.7. The molecule has 3 N–H and O–H groups in total. The monoisotopic (exact) mass is 277 g/mol. The van der Waals surface area contributed by atoms with E-state index in [2.05, 4.69) is 9.97 Å². The number of nitrogens with zero attached hydrogens (tertiary/aromatic N) is 1. The molecular weight excluding hydrogens is 261 g/mol. The van der Waals surface area contributed by atoms with Crippen LogP contribution >= 0.6 is 11.8 Å². The Morgan fingerprint density at radius 2 is 2.21 bits per heavy atom. The summed E-state index contributed by atoms with van der Waals surface area (Å²) in [5.74, 6) is 1.41. The van der Waals surface area contributed by atoms with Crippen LogP contribution in [0.3, 0.4) is 0 Å². The number of H-pyrrole nitrogens is 1. The van der Waals surface area contributed by atoms with Crippen LogP contribution in [-0.2, 0) is 5.75 Å². The number of aromatic nitrogens is 2. The van der Waals surface area contributed by atoms with E-state index in [0.29, 0.717) is 0 Å². The molecule has 0 spiro atoms. The minimum absolute atomic E-state index is 0.195. The zero-order valence-electron chi connectivity index (χ0n) is 10.9. The first-order chi connectivity index (χ1) is 9.04. The number of nitrogens with two attached hydrogens (primary N) is 1. The molecular formula is C14H16FN3S. The van der Waals surface area contributed by atoms with Crippen molar-refractivity contribution in [2.75, 3.05) is 5.73 Å². The van der Waals surface area contributed by atoms with Crippen molar-refractivity contribution in [3.8, 4) is 0 Å². The molecule has 3 nitrogen and oxygen atoms in total. The number of anilines is 1. The van der Waals surface area contributed by atoms with Crippen molar-refractivity contribution in [3.05, 3.63) is 46.9 Å². The third-order valence-electron chi connectivity index (χ3n) is 2.54. The summed E-state index contributed by atoms with van der Waals surface area (Å²) in [6.07, 6.45) is 3.22. The van der Waals surface area contributed by atoms with Gasteiger partial charge in [-0.1, -0.05) is 6.08 Å². The number of rotatable bonds is 4. The SMILES string of the molecule is C/C(F)=C\C=C(/C)SCc1nc2ccc(N)cc2[nH]1. The molecule has 0 fully saturated rings. The Kier molecular flexibility index (Phi) is 4.27. The van der Waals surface area contributed by atoms with E-state index < -0.39 is 0 Å². The maximum atomic E-state index is 12.6. The smallest absolute Gasteiger partial charge is 0.117 e. The fourth-order valence-corrected chi connectivity index (χ4v) is 2.28. The molecule has 0 radical (unpaired) electrons. The summed E-state index contributed by atoms with van der Waals surface area (Å²) in [6.45, 7) is 3.38. The fourth-order valence-electron chi connectivity index (χ4n) is 1.61. The standard InChI is InChI=1S/C14H16FN3S/c1-9(15)3-4-10(2)19-8-14-17-12-6-5-11(16)7-13(12)18-14/h3-7H,8,16H2,1-2H3,(H,17,18)/b9-3+,10-4+. The van der Waals surface area contributed by atoms with Crippen molar-refractivity contribution in [1.82, 2.24) is 9.97 Å². The summed E-state index contributed by atoms with van der Waals surface area (Å²) >= 11 is 1.62. The van der Waals surface area contributed by atoms with E-state index in [1.807, 2.05) is 25.1 Å². The van der Waals surface area contributed by atoms with Crippen LogP contribution in [0.5, 0.6) is 0 Å². The summed E-state index contributed by atoms with van der Waals surface area (Å²) in [4.78, 5) is 8.74. The Labute approximate surface area is 115 Å². The molecule has 1 aromatic heterocycles. The maximum absolute atomic E-state index is 12.6. The largest absolute Gasteiger partial charge is 0.399 e. The van der Waals surface area contributed by atoms with Crippen LogP contribution in [0.25, 0.3) is 11.0 Å². The molecule has 0 aliphatic heterocycles. The van der Waals surface area contributed by atoms with Crippen molar-refractivity contribution in [3.63, 3.8) is 0 Å². The summed E-state index contributed by atoms with van der Waals surface area (Å²) in [7, 11) is 0. The molecule has 0 aliphatic carbocycles. The van der Waals surface area contributed by atoms with E-state index in [1.54, 1.807) is 17.8 Å². The Balaban J connectivity index is 2.06. The first-order valence-electron chi connectivity index (χ1n) is 5.92. The molecule has 0 amide bonds. The summed E-state index contributed by atoms with van der Waals surface area (Å²) in [5, 5.41) is 0. The highest BCUT2D eigenvalue weighted by Gasteiger charge is 2.03. The van der Waals surface area contributed by atoms with E-state index in [9.17, 15) is 4.39 Å². The number of imidazole rings is 1. The van der Waals surface area contributed by atoms with Gasteiger partial charge in [0.2, 0.25) is 0 Å². The fraction of sp³-hybridized carbons (Fsp3) is 0.214. The van der Waals surface area contributed by atoms with Crippen molar-refractivity contribution < 1.29 is 4.39 Å². The van der Waals surface area contributed by atoms with E-state index in [0.717, 1.165) is 33.2 Å². The third kappa shape index (κ3) is 3.86. The Bertz CT molecular complexity index is 639. The van der Waals surface area contributed by atoms with Gasteiger partial charge in [0.15, 0.2) is 0 Å². The van der Waals surface area contributed by atoms with Gasteiger partial charge in [0.25, 0.3) is 0 Å². The Morgan fingerprint density at radius 1 is 1.42 bits per heavy atom. The molecule has 1 heterocycles. The summed E-state index contributed by atoms with van der Waals surface area (Å²) < 4.78 is 12.6. The number of nitrogens with one attached hydrogen (secondary N) is 1. The van der Waals surface area contributed by atoms with E-state index >= 15 is 0 Å². The number of aromatic amines is 1. The average Bonchev–Trinajstić information content (AvgIpc) is 2.75. The van der Waals surface area contributed by atoms with Crippen LogP contribution < -0.4 is 5.73 Å². The number of hydrogen-bond acceptors (Lipinski definition) is 3. The number of allylic oxidation sites excluding steroid dienone is 4. The van der Waals surface area contributed by atoms with E-state index in [4.69, 9.17) is 5.73 Å². The first-order valence-corrected chi connectivity index (χ1v) is 6.91. The molecule has 2 rings (SSSR count). The van der Waals surface area contributed by atoms with Gasteiger partial charge in [0.05, 0.1) is 22.6 Å². The number of fused-ring (bicyclic) bond motifs is 1. The van der Waals surface area contributed by atoms with Gasteiger partial charge >= 0.3 is 0 Å². The molecule has 0 unspecified atom stereocenters. The third-order valence-corrected chi connectivity index (χ3v) is 3.55. The zero-order chi connectivity index (χ0) is 13.8. The predicted molar refractivity (Wildman–Crippen MR) is 80.4 cm³/mol. The lowest BCUT2D eigenvalue weighted by atomic mass is 10.3. The number of nitrogen functional groups attached to an aromatic ring is 1. The molecule has 0 saturated heterocycles. The van der Waals surface area contributed by atoms with Crippen LogP contribution in [0.1, 0.15) is 19.7 Å². The van der Waals surface area contributed by atoms with Gasteiger partial charge in [-0.3, -0.25) is 0 Å². The molecule has 0 atom stereocenters. The minimum atomic E-state index is -0.195. The molecule has 2 aromatic rings. The normalized spacial score (nSPS) is 13.2. The van der Waals surface area contributed by atoms with Gasteiger partial charge in [-0.2, -0.15) is 0 Å². The van der Waals surface area contributed by atoms with Crippen molar-refractivity contribution in [1.29, 1.82) is 0 Å². The van der Waals surface area contributed by atoms with E-state index in [1.165, 1.54) is 13.0 Å². The number of hydrogen-bond donors (Lipinski definition) is 2. The van der Waals surface area contributed by atoms with Crippen LogP contribution in [0.15, 0.2) is 41.1 Å². The lowest BCUT2D eigenvalue weighted by Gasteiger charge is -1.97. The summed E-state index contributed by atoms with van der Waals surface area (Å²) in [6, 6.07) is 5.60. The van der Waals surface area contributed by atoms with E-state index in [-0.39, 0.29) is 5.83 Å². The number of halogens is 1. The van der Waals surface area contributed by atoms with Gasteiger partial charge in [-0.25, -0.2) is 9.37 Å². The van der Waals surface area contributed by atoms with Crippen LogP contribution in [0, 0.1) is 0 Å². The van der Waals surface area contributed by atoms with Crippen LogP contribution in [-0.4, -0.2) is 9.97 Å². The van der Waals surface area contributed by atoms with Gasteiger partial charge < -0.3 is 10.7 Å². The van der Waals surface area contributed by atoms with Crippen LogP contribution in [0.4, 0.5) is 10.1 Å². The number of benzene rings is 1. The second-order valence-electron chi connectivity index (χ2n) is 4.28. The highest BCUT2D eigenvalue weighted by atomic mass is 32.2. The van der Waals surface area contributed by atoms with Gasteiger partial charge in [-0.15, -0.1) is 11.8 Å². The molecule has 0 bridgehead atoms. The lowest BCUT2D eigenvalue weighted by molar-refractivity contribution is 0.640. The van der Waals surface area contributed by atoms with Crippen molar-refractivity contribution >= 4 is 28.5 Å². The topological polar surface area (TPSA) is 54.7 Å². The van der Waals surface area contributed by atoms with Gasteiger partial charge in [0.1, 0.15) is 5.82 Å².